The van der Waals surface area contributed by atoms with Crippen molar-refractivity contribution in [3.8, 4) is 11.5 Å². The molecule has 2 unspecified atom stereocenters. The number of aromatic hydroxyl groups is 1. The molecule has 2 atom stereocenters. The average Bonchev–Trinajstić information content (AvgIpc) is 3.09. The van der Waals surface area contributed by atoms with E-state index in [0.717, 1.165) is 24.8 Å². The molecule has 0 radical (unpaired) electrons. The molecule has 17 heavy (non-hydrogen) atoms. The predicted octanol–water partition coefficient (Wildman–Crippen LogP) is 2.90. The smallest absolute Gasteiger partial charge is 0.161 e. The zero-order valence-electron chi connectivity index (χ0n) is 10.5. The van der Waals surface area contributed by atoms with E-state index in [0.29, 0.717) is 24.6 Å². The van der Waals surface area contributed by atoms with Crippen LogP contribution in [0.2, 0.25) is 0 Å². The van der Waals surface area contributed by atoms with Crippen LogP contribution in [0.4, 0.5) is 0 Å². The van der Waals surface area contributed by atoms with Gasteiger partial charge >= 0.3 is 0 Å². The summed E-state index contributed by atoms with van der Waals surface area (Å²) < 4.78 is 10.9. The van der Waals surface area contributed by atoms with Crippen LogP contribution in [0.15, 0.2) is 18.2 Å². The lowest BCUT2D eigenvalue weighted by Gasteiger charge is -2.09. The first kappa shape index (κ1) is 12.2. The highest BCUT2D eigenvalue weighted by atomic mass is 16.6. The zero-order chi connectivity index (χ0) is 12.3. The van der Waals surface area contributed by atoms with Gasteiger partial charge in [-0.15, -0.1) is 0 Å². The first-order valence-corrected chi connectivity index (χ1v) is 6.35. The Morgan fingerprint density at radius 1 is 1.29 bits per heavy atom. The molecule has 0 amide bonds. The first-order chi connectivity index (χ1) is 8.26. The molecule has 1 N–H and O–H groups in total. The van der Waals surface area contributed by atoms with Gasteiger partial charge in [0.2, 0.25) is 0 Å². The summed E-state index contributed by atoms with van der Waals surface area (Å²) in [5.74, 6) is 0.858. The van der Waals surface area contributed by atoms with Gasteiger partial charge in [-0.25, -0.2) is 0 Å². The fraction of sp³-hybridized carbons (Fsp3) is 0.571. The molecular formula is C14H20O3. The van der Waals surface area contributed by atoms with Gasteiger partial charge in [0.1, 0.15) is 0 Å². The third-order valence-corrected chi connectivity index (χ3v) is 3.17. The predicted molar refractivity (Wildman–Crippen MR) is 66.5 cm³/mol. The Hall–Kier alpha value is -1.22. The minimum atomic E-state index is 0.281. The lowest BCUT2D eigenvalue weighted by molar-refractivity contribution is 0.316. The van der Waals surface area contributed by atoms with Crippen molar-refractivity contribution in [2.75, 3.05) is 6.61 Å². The van der Waals surface area contributed by atoms with Crippen LogP contribution >= 0.6 is 0 Å². The number of phenolic OH excluding ortho intramolecular Hbond substituents is 1. The minimum Gasteiger partial charge on any atom is -0.504 e. The monoisotopic (exact) mass is 236 g/mol. The van der Waals surface area contributed by atoms with E-state index in [-0.39, 0.29) is 5.75 Å². The molecule has 0 bridgehead atoms. The van der Waals surface area contributed by atoms with Crippen LogP contribution in [-0.4, -0.2) is 23.9 Å². The molecule has 3 heteroatoms. The van der Waals surface area contributed by atoms with Crippen molar-refractivity contribution in [1.82, 2.24) is 0 Å². The van der Waals surface area contributed by atoms with Gasteiger partial charge in [-0.3, -0.25) is 0 Å². The number of hydrogen-bond donors (Lipinski definition) is 1. The SMILES string of the molecule is CCOc1cccc(CCC2OC2CC)c1O. The molecule has 1 saturated heterocycles. The Balaban J connectivity index is 1.94. The molecule has 1 aliphatic heterocycles. The minimum absolute atomic E-state index is 0.281. The molecule has 0 aromatic heterocycles. The van der Waals surface area contributed by atoms with Gasteiger partial charge in [0.05, 0.1) is 18.8 Å². The number of hydrogen-bond acceptors (Lipinski definition) is 3. The number of ether oxygens (including phenoxy) is 2. The molecule has 3 nitrogen and oxygen atoms in total. The van der Waals surface area contributed by atoms with Crippen molar-refractivity contribution in [2.24, 2.45) is 0 Å². The quantitative estimate of drug-likeness (QED) is 0.772. The van der Waals surface area contributed by atoms with E-state index in [4.69, 9.17) is 9.47 Å². The highest BCUT2D eigenvalue weighted by Crippen LogP contribution is 2.34. The fourth-order valence-corrected chi connectivity index (χ4v) is 2.13. The van der Waals surface area contributed by atoms with Crippen molar-refractivity contribution < 1.29 is 14.6 Å². The maximum absolute atomic E-state index is 10.0. The molecule has 1 aliphatic rings. The van der Waals surface area contributed by atoms with Crippen LogP contribution in [0.5, 0.6) is 11.5 Å². The summed E-state index contributed by atoms with van der Waals surface area (Å²) in [7, 11) is 0. The second-order valence-corrected chi connectivity index (χ2v) is 4.36. The van der Waals surface area contributed by atoms with Gasteiger partial charge in [0.25, 0.3) is 0 Å². The molecule has 1 fully saturated rings. The maximum atomic E-state index is 10.0. The van der Waals surface area contributed by atoms with Crippen molar-refractivity contribution >= 4 is 0 Å². The number of epoxide rings is 1. The number of rotatable bonds is 6. The topological polar surface area (TPSA) is 42.0 Å². The van der Waals surface area contributed by atoms with Gasteiger partial charge in [-0.05, 0) is 37.8 Å². The van der Waals surface area contributed by atoms with Gasteiger partial charge in [0, 0.05) is 0 Å². The van der Waals surface area contributed by atoms with E-state index in [2.05, 4.69) is 6.92 Å². The van der Waals surface area contributed by atoms with E-state index >= 15 is 0 Å². The molecule has 1 heterocycles. The molecule has 1 aromatic carbocycles. The molecule has 0 saturated carbocycles. The summed E-state index contributed by atoms with van der Waals surface area (Å²) in [4.78, 5) is 0. The van der Waals surface area contributed by atoms with Crippen LogP contribution in [0.1, 0.15) is 32.3 Å². The Bertz CT molecular complexity index is 376. The molecule has 0 aliphatic carbocycles. The third-order valence-electron chi connectivity index (χ3n) is 3.17. The number of para-hydroxylation sites is 1. The Kier molecular flexibility index (Phi) is 3.89. The van der Waals surface area contributed by atoms with Crippen molar-refractivity contribution in [1.29, 1.82) is 0 Å². The van der Waals surface area contributed by atoms with E-state index in [9.17, 15) is 5.11 Å². The van der Waals surface area contributed by atoms with E-state index in [1.165, 1.54) is 0 Å². The van der Waals surface area contributed by atoms with Gasteiger partial charge in [-0.1, -0.05) is 19.1 Å². The highest BCUT2D eigenvalue weighted by molar-refractivity contribution is 5.45. The van der Waals surface area contributed by atoms with Crippen LogP contribution in [-0.2, 0) is 11.2 Å². The molecule has 0 spiro atoms. The van der Waals surface area contributed by atoms with E-state index in [1.54, 1.807) is 6.07 Å². The first-order valence-electron chi connectivity index (χ1n) is 6.35. The van der Waals surface area contributed by atoms with Gasteiger partial charge in [0.15, 0.2) is 11.5 Å². The van der Waals surface area contributed by atoms with Crippen LogP contribution < -0.4 is 4.74 Å². The molecule has 2 rings (SSSR count). The lowest BCUT2D eigenvalue weighted by Crippen LogP contribution is -1.98. The summed E-state index contributed by atoms with van der Waals surface area (Å²) in [6, 6.07) is 5.66. The summed E-state index contributed by atoms with van der Waals surface area (Å²) in [5, 5.41) is 10.0. The normalized spacial score (nSPS) is 22.5. The lowest BCUT2D eigenvalue weighted by atomic mass is 10.0. The fourth-order valence-electron chi connectivity index (χ4n) is 2.13. The Morgan fingerprint density at radius 3 is 2.76 bits per heavy atom. The second kappa shape index (κ2) is 5.41. The summed E-state index contributed by atoms with van der Waals surface area (Å²) >= 11 is 0. The van der Waals surface area contributed by atoms with E-state index in [1.807, 2.05) is 19.1 Å². The van der Waals surface area contributed by atoms with E-state index < -0.39 is 0 Å². The third kappa shape index (κ3) is 2.91. The van der Waals surface area contributed by atoms with Crippen LogP contribution in [0, 0.1) is 0 Å². The number of aryl methyl sites for hydroxylation is 1. The Morgan fingerprint density at radius 2 is 2.12 bits per heavy atom. The summed E-state index contributed by atoms with van der Waals surface area (Å²) in [6.45, 7) is 4.62. The van der Waals surface area contributed by atoms with Crippen molar-refractivity contribution in [3.05, 3.63) is 23.8 Å². The summed E-state index contributed by atoms with van der Waals surface area (Å²) in [6.07, 6.45) is 3.72. The van der Waals surface area contributed by atoms with Crippen molar-refractivity contribution in [2.45, 2.75) is 45.3 Å². The molecular weight excluding hydrogens is 216 g/mol. The van der Waals surface area contributed by atoms with Gasteiger partial charge < -0.3 is 14.6 Å². The van der Waals surface area contributed by atoms with Gasteiger partial charge in [-0.2, -0.15) is 0 Å². The maximum Gasteiger partial charge on any atom is 0.161 e. The van der Waals surface area contributed by atoms with Crippen LogP contribution in [0.3, 0.4) is 0 Å². The standard InChI is InChI=1S/C14H20O3/c1-3-11-12(17-11)9-8-10-6-5-7-13(14(10)15)16-4-2/h5-7,11-12,15H,3-4,8-9H2,1-2H3. The molecule has 1 aromatic rings. The number of benzene rings is 1. The average molecular weight is 236 g/mol. The second-order valence-electron chi connectivity index (χ2n) is 4.36. The summed E-state index contributed by atoms with van der Waals surface area (Å²) in [5.41, 5.74) is 0.946. The highest BCUT2D eigenvalue weighted by Gasteiger charge is 2.36. The largest absolute Gasteiger partial charge is 0.504 e. The van der Waals surface area contributed by atoms with Crippen LogP contribution in [0.25, 0.3) is 0 Å². The Labute approximate surface area is 102 Å². The molecule has 94 valence electrons. The number of phenols is 1. The van der Waals surface area contributed by atoms with Crippen molar-refractivity contribution in [3.63, 3.8) is 0 Å². The zero-order valence-corrected chi connectivity index (χ0v) is 10.5.